The molecule has 0 unspecified atom stereocenters. The maximum atomic E-state index is 13.4. The molecule has 1 N–H and O–H groups in total. The molecule has 0 aliphatic carbocycles. The van der Waals surface area contributed by atoms with Crippen molar-refractivity contribution in [1.29, 1.82) is 0 Å². The molecular formula is C12H12FNO4. The average molecular weight is 253 g/mol. The number of hydrogen-bond donors (Lipinski definition) is 1. The predicted molar refractivity (Wildman–Crippen MR) is 59.7 cm³/mol. The molecule has 1 aliphatic heterocycles. The summed E-state index contributed by atoms with van der Waals surface area (Å²) < 4.78 is 18.3. The fourth-order valence-electron chi connectivity index (χ4n) is 1.63. The lowest BCUT2D eigenvalue weighted by Crippen LogP contribution is -2.64. The van der Waals surface area contributed by atoms with Gasteiger partial charge in [-0.1, -0.05) is 30.3 Å². The summed E-state index contributed by atoms with van der Waals surface area (Å²) >= 11 is 0. The quantitative estimate of drug-likeness (QED) is 0.884. The van der Waals surface area contributed by atoms with E-state index in [-0.39, 0.29) is 6.61 Å². The number of carboxylic acid groups (broad SMARTS) is 1. The van der Waals surface area contributed by atoms with Gasteiger partial charge in [0.15, 0.2) is 0 Å². The van der Waals surface area contributed by atoms with Gasteiger partial charge in [0.05, 0.1) is 13.1 Å². The molecule has 1 fully saturated rings. The molecule has 1 amide bonds. The van der Waals surface area contributed by atoms with E-state index in [0.717, 1.165) is 10.5 Å². The number of ether oxygens (including phenoxy) is 1. The van der Waals surface area contributed by atoms with Gasteiger partial charge in [0, 0.05) is 0 Å². The lowest BCUT2D eigenvalue weighted by molar-refractivity contribution is -0.161. The van der Waals surface area contributed by atoms with Gasteiger partial charge >= 0.3 is 12.1 Å². The first kappa shape index (κ1) is 12.3. The van der Waals surface area contributed by atoms with Gasteiger partial charge in [0.1, 0.15) is 6.61 Å². The van der Waals surface area contributed by atoms with Crippen LogP contribution in [0.3, 0.4) is 0 Å². The van der Waals surface area contributed by atoms with Crippen LogP contribution in [0, 0.1) is 0 Å². The Bertz CT molecular complexity index is 456. The largest absolute Gasteiger partial charge is 0.479 e. The molecule has 96 valence electrons. The van der Waals surface area contributed by atoms with Gasteiger partial charge in [0.2, 0.25) is 5.67 Å². The van der Waals surface area contributed by atoms with Gasteiger partial charge < -0.3 is 14.7 Å². The minimum absolute atomic E-state index is 0.0858. The van der Waals surface area contributed by atoms with Gasteiger partial charge in [-0.05, 0) is 5.56 Å². The number of hydrogen-bond acceptors (Lipinski definition) is 3. The number of aliphatic carboxylic acids is 1. The van der Waals surface area contributed by atoms with Crippen LogP contribution in [0.25, 0.3) is 0 Å². The van der Waals surface area contributed by atoms with Crippen LogP contribution in [0.2, 0.25) is 0 Å². The lowest BCUT2D eigenvalue weighted by atomic mass is 9.97. The van der Waals surface area contributed by atoms with Crippen LogP contribution < -0.4 is 0 Å². The third-order valence-electron chi connectivity index (χ3n) is 2.73. The summed E-state index contributed by atoms with van der Waals surface area (Å²) in [7, 11) is 0. The Hall–Kier alpha value is -2.11. The van der Waals surface area contributed by atoms with E-state index in [1.807, 2.05) is 18.2 Å². The number of halogens is 1. The van der Waals surface area contributed by atoms with E-state index >= 15 is 0 Å². The highest BCUT2D eigenvalue weighted by Gasteiger charge is 2.53. The fourth-order valence-corrected chi connectivity index (χ4v) is 1.63. The molecule has 0 spiro atoms. The molecule has 0 aromatic heterocycles. The maximum absolute atomic E-state index is 13.4. The van der Waals surface area contributed by atoms with E-state index in [1.165, 1.54) is 0 Å². The number of benzene rings is 1. The number of alkyl halides is 1. The Morgan fingerprint density at radius 3 is 2.50 bits per heavy atom. The summed E-state index contributed by atoms with van der Waals surface area (Å²) in [6, 6.07) is 9.04. The molecular weight excluding hydrogens is 241 g/mol. The van der Waals surface area contributed by atoms with Crippen molar-refractivity contribution >= 4 is 12.1 Å². The molecule has 2 rings (SSSR count). The standard InChI is InChI=1S/C12H12FNO4/c13-12(10(15)16)7-14(8-12)11(17)18-6-9-4-2-1-3-5-9/h1-5H,6-8H2,(H,15,16). The van der Waals surface area contributed by atoms with Gasteiger partial charge in [0.25, 0.3) is 0 Å². The van der Waals surface area contributed by atoms with E-state index in [2.05, 4.69) is 0 Å². The second-order valence-electron chi connectivity index (χ2n) is 4.17. The highest BCUT2D eigenvalue weighted by atomic mass is 19.1. The van der Waals surface area contributed by atoms with Crippen LogP contribution >= 0.6 is 0 Å². The van der Waals surface area contributed by atoms with Crippen molar-refractivity contribution < 1.29 is 23.8 Å². The van der Waals surface area contributed by atoms with Crippen molar-refractivity contribution in [2.24, 2.45) is 0 Å². The number of rotatable bonds is 3. The Morgan fingerprint density at radius 1 is 1.33 bits per heavy atom. The van der Waals surface area contributed by atoms with E-state index in [1.54, 1.807) is 12.1 Å². The molecule has 1 aromatic rings. The van der Waals surface area contributed by atoms with Crippen molar-refractivity contribution in [3.05, 3.63) is 35.9 Å². The maximum Gasteiger partial charge on any atom is 0.410 e. The van der Waals surface area contributed by atoms with Crippen molar-refractivity contribution in [2.75, 3.05) is 13.1 Å². The molecule has 0 radical (unpaired) electrons. The van der Waals surface area contributed by atoms with E-state index < -0.39 is 30.8 Å². The third kappa shape index (κ3) is 2.42. The molecule has 1 heterocycles. The Morgan fingerprint density at radius 2 is 1.94 bits per heavy atom. The van der Waals surface area contributed by atoms with Crippen LogP contribution in [-0.2, 0) is 16.1 Å². The van der Waals surface area contributed by atoms with Crippen LogP contribution in [0.5, 0.6) is 0 Å². The topological polar surface area (TPSA) is 66.8 Å². The highest BCUT2D eigenvalue weighted by Crippen LogP contribution is 2.26. The molecule has 0 atom stereocenters. The second-order valence-corrected chi connectivity index (χ2v) is 4.17. The third-order valence-corrected chi connectivity index (χ3v) is 2.73. The zero-order valence-corrected chi connectivity index (χ0v) is 9.51. The predicted octanol–water partition coefficient (Wildman–Crippen LogP) is 1.43. The van der Waals surface area contributed by atoms with Crippen LogP contribution in [0.4, 0.5) is 9.18 Å². The van der Waals surface area contributed by atoms with E-state index in [4.69, 9.17) is 9.84 Å². The molecule has 0 bridgehead atoms. The number of amides is 1. The number of carboxylic acids is 1. The van der Waals surface area contributed by atoms with E-state index in [0.29, 0.717) is 0 Å². The number of nitrogens with zero attached hydrogens (tertiary/aromatic N) is 1. The first-order valence-electron chi connectivity index (χ1n) is 5.39. The average Bonchev–Trinajstić information content (AvgIpc) is 2.33. The van der Waals surface area contributed by atoms with Gasteiger partial charge in [-0.25, -0.2) is 14.0 Å². The minimum atomic E-state index is -2.33. The molecule has 18 heavy (non-hydrogen) atoms. The van der Waals surface area contributed by atoms with Crippen molar-refractivity contribution in [1.82, 2.24) is 4.90 Å². The zero-order chi connectivity index (χ0) is 13.2. The molecule has 0 saturated carbocycles. The zero-order valence-electron chi connectivity index (χ0n) is 9.51. The SMILES string of the molecule is O=C(OCc1ccccc1)N1CC(F)(C(=O)O)C1. The molecule has 5 nitrogen and oxygen atoms in total. The molecule has 6 heteroatoms. The summed E-state index contributed by atoms with van der Waals surface area (Å²) in [5.74, 6) is -1.55. The lowest BCUT2D eigenvalue weighted by Gasteiger charge is -2.40. The Balaban J connectivity index is 1.80. The monoisotopic (exact) mass is 253 g/mol. The molecule has 1 aliphatic rings. The van der Waals surface area contributed by atoms with E-state index in [9.17, 15) is 14.0 Å². The minimum Gasteiger partial charge on any atom is -0.479 e. The van der Waals surface area contributed by atoms with Crippen molar-refractivity contribution in [2.45, 2.75) is 12.3 Å². The molecule has 1 aromatic carbocycles. The highest BCUT2D eigenvalue weighted by molar-refractivity contribution is 5.82. The number of carbonyl (C=O) groups is 2. The first-order valence-corrected chi connectivity index (χ1v) is 5.39. The normalized spacial score (nSPS) is 16.8. The van der Waals surface area contributed by atoms with Crippen LogP contribution in [-0.4, -0.2) is 40.8 Å². The van der Waals surface area contributed by atoms with Crippen molar-refractivity contribution in [3.63, 3.8) is 0 Å². The fraction of sp³-hybridized carbons (Fsp3) is 0.333. The van der Waals surface area contributed by atoms with Crippen molar-refractivity contribution in [3.8, 4) is 0 Å². The summed E-state index contributed by atoms with van der Waals surface area (Å²) in [6.45, 7) is -0.839. The summed E-state index contributed by atoms with van der Waals surface area (Å²) in [6.07, 6.45) is -0.701. The smallest absolute Gasteiger partial charge is 0.410 e. The van der Waals surface area contributed by atoms with Gasteiger partial charge in [-0.3, -0.25) is 0 Å². The van der Waals surface area contributed by atoms with Gasteiger partial charge in [-0.15, -0.1) is 0 Å². The van der Waals surface area contributed by atoms with Gasteiger partial charge in [-0.2, -0.15) is 0 Å². The Labute approximate surface area is 103 Å². The summed E-state index contributed by atoms with van der Waals surface area (Å²) in [5, 5.41) is 8.55. The first-order chi connectivity index (χ1) is 8.51. The molecule has 1 saturated heterocycles. The number of carbonyl (C=O) groups excluding carboxylic acids is 1. The summed E-state index contributed by atoms with van der Waals surface area (Å²) in [4.78, 5) is 23.0. The van der Waals surface area contributed by atoms with Crippen LogP contribution in [0.15, 0.2) is 30.3 Å². The number of likely N-dealkylation sites (tertiary alicyclic amines) is 1. The second kappa shape index (κ2) is 4.64. The summed E-state index contributed by atoms with van der Waals surface area (Å²) in [5.41, 5.74) is -1.51. The Kier molecular flexibility index (Phi) is 3.18. The van der Waals surface area contributed by atoms with Crippen LogP contribution in [0.1, 0.15) is 5.56 Å².